The van der Waals surface area contributed by atoms with Gasteiger partial charge >= 0.3 is 6.61 Å². The summed E-state index contributed by atoms with van der Waals surface area (Å²) in [7, 11) is 0. The van der Waals surface area contributed by atoms with Crippen LogP contribution in [0.1, 0.15) is 36.2 Å². The van der Waals surface area contributed by atoms with Gasteiger partial charge in [-0.2, -0.15) is 8.78 Å². The molecule has 5 heterocycles. The maximum Gasteiger partial charge on any atom is 0.387 e. The van der Waals surface area contributed by atoms with E-state index in [1.54, 1.807) is 37.5 Å². The minimum atomic E-state index is -2.95. The highest BCUT2D eigenvalue weighted by molar-refractivity contribution is 5.65. The fourth-order valence-corrected chi connectivity index (χ4v) is 6.11. The van der Waals surface area contributed by atoms with Gasteiger partial charge in [-0.25, -0.2) is 15.0 Å². The second-order valence-electron chi connectivity index (χ2n) is 10.5. The molecule has 1 aliphatic carbocycles. The SMILES string of the molecule is C[C@]1(O)CC(c2ccccc2OC(F)F)c2c1nc1ccc(-c3cnc(N4C5COCC4COC5)nc3)cn21. The number of halogens is 2. The average molecular weight is 536 g/mol. The summed E-state index contributed by atoms with van der Waals surface area (Å²) in [6.07, 6.45) is 5.82. The predicted molar refractivity (Wildman–Crippen MR) is 137 cm³/mol. The number of imidazole rings is 1. The zero-order chi connectivity index (χ0) is 26.7. The average Bonchev–Trinajstić information content (AvgIpc) is 3.43. The van der Waals surface area contributed by atoms with E-state index in [9.17, 15) is 13.9 Å². The van der Waals surface area contributed by atoms with E-state index in [2.05, 4.69) is 14.9 Å². The van der Waals surface area contributed by atoms with Crippen molar-refractivity contribution in [3.63, 3.8) is 0 Å². The molecule has 1 aromatic carbocycles. The lowest BCUT2D eigenvalue weighted by Crippen LogP contribution is -2.60. The van der Waals surface area contributed by atoms with Crippen molar-refractivity contribution < 1.29 is 28.1 Å². The van der Waals surface area contributed by atoms with E-state index >= 15 is 0 Å². The number of anilines is 1. The molecule has 3 aliphatic rings. The first-order valence-electron chi connectivity index (χ1n) is 12.9. The van der Waals surface area contributed by atoms with Gasteiger partial charge in [-0.3, -0.25) is 0 Å². The third-order valence-corrected chi connectivity index (χ3v) is 7.84. The van der Waals surface area contributed by atoms with E-state index in [4.69, 9.17) is 19.2 Å². The van der Waals surface area contributed by atoms with Crippen LogP contribution in [-0.4, -0.2) is 69.6 Å². The Morgan fingerprint density at radius 3 is 2.38 bits per heavy atom. The molecular weight excluding hydrogens is 508 g/mol. The molecule has 4 aromatic rings. The lowest BCUT2D eigenvalue weighted by molar-refractivity contribution is -0.0506. The Balaban J connectivity index is 1.27. The van der Waals surface area contributed by atoms with E-state index in [1.165, 1.54) is 6.07 Å². The molecule has 11 heteroatoms. The Labute approximate surface area is 223 Å². The molecule has 2 fully saturated rings. The summed E-state index contributed by atoms with van der Waals surface area (Å²) in [6.45, 7) is 1.09. The number of para-hydroxylation sites is 1. The van der Waals surface area contributed by atoms with Crippen LogP contribution in [0.25, 0.3) is 16.8 Å². The molecule has 1 N–H and O–H groups in total. The molecule has 0 radical (unpaired) electrons. The summed E-state index contributed by atoms with van der Waals surface area (Å²) in [6, 6.07) is 10.7. The molecule has 2 atom stereocenters. The lowest BCUT2D eigenvalue weighted by atomic mass is 9.93. The zero-order valence-corrected chi connectivity index (χ0v) is 21.2. The van der Waals surface area contributed by atoms with Crippen LogP contribution in [0.4, 0.5) is 14.7 Å². The maximum absolute atomic E-state index is 13.2. The molecule has 39 heavy (non-hydrogen) atoms. The van der Waals surface area contributed by atoms with Crippen molar-refractivity contribution in [1.29, 1.82) is 0 Å². The minimum absolute atomic E-state index is 0.0922. The number of rotatable bonds is 5. The first-order valence-corrected chi connectivity index (χ1v) is 12.9. The molecule has 7 rings (SSSR count). The summed E-state index contributed by atoms with van der Waals surface area (Å²) in [5.41, 5.74) is 2.97. The maximum atomic E-state index is 13.2. The molecule has 0 spiro atoms. The predicted octanol–water partition coefficient (Wildman–Crippen LogP) is 3.74. The normalized spacial score (nSPS) is 26.3. The van der Waals surface area contributed by atoms with Crippen LogP contribution in [0, 0.1) is 0 Å². The monoisotopic (exact) mass is 535 g/mol. The number of nitrogens with zero attached hydrogens (tertiary/aromatic N) is 5. The van der Waals surface area contributed by atoms with Gasteiger partial charge in [0.05, 0.1) is 49.9 Å². The topological polar surface area (TPSA) is 94.2 Å². The minimum Gasteiger partial charge on any atom is -0.435 e. The quantitative estimate of drug-likeness (QED) is 0.413. The highest BCUT2D eigenvalue weighted by Crippen LogP contribution is 2.49. The van der Waals surface area contributed by atoms with E-state index in [0.717, 1.165) is 16.8 Å². The van der Waals surface area contributed by atoms with Gasteiger partial charge in [0.1, 0.15) is 17.0 Å². The van der Waals surface area contributed by atoms with Crippen molar-refractivity contribution in [2.45, 2.75) is 43.6 Å². The third-order valence-electron chi connectivity index (χ3n) is 7.84. The van der Waals surface area contributed by atoms with Gasteiger partial charge in [-0.1, -0.05) is 18.2 Å². The van der Waals surface area contributed by atoms with Crippen molar-refractivity contribution in [2.75, 3.05) is 31.3 Å². The Kier molecular flexibility index (Phi) is 5.76. The van der Waals surface area contributed by atoms with Gasteiger partial charge in [0.2, 0.25) is 5.95 Å². The summed E-state index contributed by atoms with van der Waals surface area (Å²) in [5, 5.41) is 11.3. The highest BCUT2D eigenvalue weighted by Gasteiger charge is 2.45. The Bertz CT molecular complexity index is 1500. The first kappa shape index (κ1) is 24.4. The van der Waals surface area contributed by atoms with Crippen molar-refractivity contribution in [2.24, 2.45) is 0 Å². The number of hydrogen-bond acceptors (Lipinski definition) is 8. The summed E-state index contributed by atoms with van der Waals surface area (Å²) in [5.74, 6) is 0.350. The van der Waals surface area contributed by atoms with Crippen molar-refractivity contribution in [3.05, 3.63) is 71.9 Å². The largest absolute Gasteiger partial charge is 0.435 e. The number of morpholine rings is 2. The molecule has 0 saturated carbocycles. The van der Waals surface area contributed by atoms with E-state index in [-0.39, 0.29) is 17.8 Å². The number of hydrogen-bond donors (Lipinski definition) is 1. The number of ether oxygens (including phenoxy) is 3. The molecule has 2 saturated heterocycles. The van der Waals surface area contributed by atoms with Crippen LogP contribution in [0.2, 0.25) is 0 Å². The van der Waals surface area contributed by atoms with Crippen molar-refractivity contribution >= 4 is 11.6 Å². The molecule has 202 valence electrons. The Morgan fingerprint density at radius 2 is 1.69 bits per heavy atom. The zero-order valence-electron chi connectivity index (χ0n) is 21.2. The van der Waals surface area contributed by atoms with Gasteiger partial charge < -0.3 is 28.6 Å². The van der Waals surface area contributed by atoms with E-state index in [0.29, 0.717) is 55.7 Å². The number of fused-ring (bicyclic) bond motifs is 5. The summed E-state index contributed by atoms with van der Waals surface area (Å²) >= 11 is 0. The number of alkyl halides is 2. The second kappa shape index (κ2) is 9.22. The Hall–Kier alpha value is -3.67. The molecular formula is C28H27F2N5O4. The number of benzene rings is 1. The number of aromatic nitrogens is 4. The van der Waals surface area contributed by atoms with Crippen LogP contribution >= 0.6 is 0 Å². The fraction of sp³-hybridized carbons (Fsp3) is 0.393. The third kappa shape index (κ3) is 4.12. The molecule has 1 unspecified atom stereocenters. The van der Waals surface area contributed by atoms with Gasteiger partial charge in [0, 0.05) is 41.2 Å². The standard InChI is InChI=1S/C28H27F2N5O4/c1-28(36)8-21(20-4-2-3-5-22(20)39-26(29)30)24-25(28)33-23-7-6-16(11-34(23)24)17-9-31-27(32-10-17)35-18-12-37-14-19(35)15-38-13-18/h2-7,9-11,18-19,21,26,36H,8,12-15H2,1H3/t18?,19?,21?,28-/m0/s1. The van der Waals surface area contributed by atoms with Gasteiger partial charge in [-0.15, -0.1) is 0 Å². The van der Waals surface area contributed by atoms with Crippen LogP contribution < -0.4 is 9.64 Å². The van der Waals surface area contributed by atoms with Gasteiger partial charge in [-0.05, 0) is 31.5 Å². The van der Waals surface area contributed by atoms with Gasteiger partial charge in [0.25, 0.3) is 0 Å². The fourth-order valence-electron chi connectivity index (χ4n) is 6.11. The van der Waals surface area contributed by atoms with Crippen LogP contribution in [0.15, 0.2) is 55.0 Å². The van der Waals surface area contributed by atoms with Crippen molar-refractivity contribution in [3.8, 4) is 16.9 Å². The number of aliphatic hydroxyl groups is 1. The molecule has 2 aliphatic heterocycles. The summed E-state index contributed by atoms with van der Waals surface area (Å²) < 4.78 is 44.5. The lowest BCUT2D eigenvalue weighted by Gasteiger charge is -2.45. The van der Waals surface area contributed by atoms with Crippen molar-refractivity contribution in [1.82, 2.24) is 19.4 Å². The first-order chi connectivity index (χ1) is 18.9. The van der Waals surface area contributed by atoms with Crippen LogP contribution in [0.5, 0.6) is 5.75 Å². The van der Waals surface area contributed by atoms with Crippen LogP contribution in [-0.2, 0) is 15.1 Å². The molecule has 3 aromatic heterocycles. The molecule has 0 amide bonds. The van der Waals surface area contributed by atoms with E-state index < -0.39 is 18.1 Å². The smallest absolute Gasteiger partial charge is 0.387 e. The van der Waals surface area contributed by atoms with Crippen LogP contribution in [0.3, 0.4) is 0 Å². The highest BCUT2D eigenvalue weighted by atomic mass is 19.3. The summed E-state index contributed by atoms with van der Waals surface area (Å²) in [4.78, 5) is 16.3. The molecule has 2 bridgehead atoms. The second-order valence-corrected chi connectivity index (χ2v) is 10.5. The Morgan fingerprint density at radius 1 is 1.00 bits per heavy atom. The van der Waals surface area contributed by atoms with Gasteiger partial charge in [0.15, 0.2) is 0 Å². The number of pyridine rings is 1. The molecule has 9 nitrogen and oxygen atoms in total. The van der Waals surface area contributed by atoms with E-state index in [1.807, 2.05) is 22.7 Å².